The highest BCUT2D eigenvalue weighted by atomic mass is 35.5. The van der Waals surface area contributed by atoms with Gasteiger partial charge in [-0.2, -0.15) is 0 Å². The standard InChI is InChI=1S/C14H12Cl2N2O/c15-10-5-6-11(12(16)7-10)14(19)18-8-9-3-1-2-4-13(9)17/h1-7H,8,17H2,(H,18,19). The maximum Gasteiger partial charge on any atom is 0.253 e. The van der Waals surface area contributed by atoms with Gasteiger partial charge in [0.15, 0.2) is 0 Å². The molecule has 3 nitrogen and oxygen atoms in total. The number of amides is 1. The number of halogens is 2. The number of carbonyl (C=O) groups is 1. The van der Waals surface area contributed by atoms with E-state index in [2.05, 4.69) is 5.32 Å². The average molecular weight is 295 g/mol. The van der Waals surface area contributed by atoms with Crippen LogP contribution >= 0.6 is 23.2 Å². The Morgan fingerprint density at radius 2 is 1.89 bits per heavy atom. The summed E-state index contributed by atoms with van der Waals surface area (Å²) in [7, 11) is 0. The Bertz CT molecular complexity index is 614. The van der Waals surface area contributed by atoms with Gasteiger partial charge in [0.25, 0.3) is 5.91 Å². The smallest absolute Gasteiger partial charge is 0.253 e. The molecule has 19 heavy (non-hydrogen) atoms. The van der Waals surface area contributed by atoms with Crippen LogP contribution in [0.25, 0.3) is 0 Å². The molecule has 0 saturated heterocycles. The number of para-hydroxylation sites is 1. The highest BCUT2D eigenvalue weighted by Crippen LogP contribution is 2.21. The van der Waals surface area contributed by atoms with Crippen LogP contribution in [0.3, 0.4) is 0 Å². The lowest BCUT2D eigenvalue weighted by Gasteiger charge is -2.08. The van der Waals surface area contributed by atoms with Gasteiger partial charge >= 0.3 is 0 Å². The van der Waals surface area contributed by atoms with E-state index in [-0.39, 0.29) is 5.91 Å². The number of nitrogens with two attached hydrogens (primary N) is 1. The summed E-state index contributed by atoms with van der Waals surface area (Å²) in [6, 6.07) is 12.1. The number of hydrogen-bond acceptors (Lipinski definition) is 2. The van der Waals surface area contributed by atoms with E-state index in [0.717, 1.165) is 5.56 Å². The van der Waals surface area contributed by atoms with Gasteiger partial charge in [0.05, 0.1) is 10.6 Å². The van der Waals surface area contributed by atoms with Crippen LogP contribution in [-0.2, 0) is 6.54 Å². The van der Waals surface area contributed by atoms with Crippen molar-refractivity contribution in [3.8, 4) is 0 Å². The van der Waals surface area contributed by atoms with Gasteiger partial charge in [-0.05, 0) is 29.8 Å². The van der Waals surface area contributed by atoms with Crippen LogP contribution in [0.5, 0.6) is 0 Å². The number of carbonyl (C=O) groups excluding carboxylic acids is 1. The number of rotatable bonds is 3. The average Bonchev–Trinajstić information content (AvgIpc) is 2.37. The van der Waals surface area contributed by atoms with Crippen molar-refractivity contribution in [1.82, 2.24) is 5.32 Å². The van der Waals surface area contributed by atoms with E-state index in [1.54, 1.807) is 18.2 Å². The van der Waals surface area contributed by atoms with Gasteiger partial charge in [0, 0.05) is 17.3 Å². The predicted molar refractivity (Wildman–Crippen MR) is 78.5 cm³/mol. The van der Waals surface area contributed by atoms with E-state index >= 15 is 0 Å². The third-order valence-electron chi connectivity index (χ3n) is 2.67. The molecule has 98 valence electrons. The van der Waals surface area contributed by atoms with Gasteiger partial charge in [-0.1, -0.05) is 41.4 Å². The summed E-state index contributed by atoms with van der Waals surface area (Å²) < 4.78 is 0. The Hall–Kier alpha value is -1.71. The van der Waals surface area contributed by atoms with Crippen molar-refractivity contribution in [2.75, 3.05) is 5.73 Å². The van der Waals surface area contributed by atoms with Gasteiger partial charge in [-0.3, -0.25) is 4.79 Å². The molecule has 0 radical (unpaired) electrons. The topological polar surface area (TPSA) is 55.1 Å². The van der Waals surface area contributed by atoms with Crippen molar-refractivity contribution in [3.05, 3.63) is 63.6 Å². The van der Waals surface area contributed by atoms with E-state index in [1.165, 1.54) is 6.07 Å². The van der Waals surface area contributed by atoms with E-state index < -0.39 is 0 Å². The minimum absolute atomic E-state index is 0.259. The first-order chi connectivity index (χ1) is 9.08. The first-order valence-electron chi connectivity index (χ1n) is 5.64. The Morgan fingerprint density at radius 3 is 2.58 bits per heavy atom. The minimum atomic E-state index is -0.259. The van der Waals surface area contributed by atoms with E-state index in [0.29, 0.717) is 27.8 Å². The molecule has 0 atom stereocenters. The Labute approximate surface area is 121 Å². The molecule has 2 aromatic carbocycles. The number of anilines is 1. The van der Waals surface area contributed by atoms with Crippen molar-refractivity contribution in [2.45, 2.75) is 6.54 Å². The lowest BCUT2D eigenvalue weighted by Crippen LogP contribution is -2.23. The first kappa shape index (κ1) is 13.7. The summed E-state index contributed by atoms with van der Waals surface area (Å²) >= 11 is 11.8. The second-order valence-corrected chi connectivity index (χ2v) is 4.85. The highest BCUT2D eigenvalue weighted by molar-refractivity contribution is 6.36. The molecule has 3 N–H and O–H groups in total. The van der Waals surface area contributed by atoms with Gasteiger partial charge in [0.1, 0.15) is 0 Å². The number of hydrogen-bond donors (Lipinski definition) is 2. The van der Waals surface area contributed by atoms with Gasteiger partial charge in [-0.15, -0.1) is 0 Å². The highest BCUT2D eigenvalue weighted by Gasteiger charge is 2.10. The van der Waals surface area contributed by atoms with Crippen molar-refractivity contribution in [1.29, 1.82) is 0 Å². The summed E-state index contributed by atoms with van der Waals surface area (Å²) in [5.41, 5.74) is 7.70. The molecule has 1 amide bonds. The van der Waals surface area contributed by atoms with Crippen LogP contribution in [0.1, 0.15) is 15.9 Å². The van der Waals surface area contributed by atoms with Crippen molar-refractivity contribution < 1.29 is 4.79 Å². The molecule has 0 fully saturated rings. The zero-order chi connectivity index (χ0) is 13.8. The first-order valence-corrected chi connectivity index (χ1v) is 6.40. The number of benzene rings is 2. The molecule has 0 unspecified atom stereocenters. The summed E-state index contributed by atoms with van der Waals surface area (Å²) in [6.07, 6.45) is 0. The van der Waals surface area contributed by atoms with Crippen molar-refractivity contribution in [3.63, 3.8) is 0 Å². The lowest BCUT2D eigenvalue weighted by atomic mass is 10.1. The summed E-state index contributed by atoms with van der Waals surface area (Å²) in [4.78, 5) is 12.0. The van der Waals surface area contributed by atoms with Crippen LogP contribution in [-0.4, -0.2) is 5.91 Å². The third-order valence-corrected chi connectivity index (χ3v) is 3.22. The van der Waals surface area contributed by atoms with Crippen LogP contribution in [0.4, 0.5) is 5.69 Å². The number of nitrogens with one attached hydrogen (secondary N) is 1. The van der Waals surface area contributed by atoms with Crippen molar-refractivity contribution in [2.24, 2.45) is 0 Å². The Kier molecular flexibility index (Phi) is 4.30. The maximum absolute atomic E-state index is 12.0. The SMILES string of the molecule is Nc1ccccc1CNC(=O)c1ccc(Cl)cc1Cl. The largest absolute Gasteiger partial charge is 0.398 e. The Balaban J connectivity index is 2.08. The number of nitrogen functional groups attached to an aromatic ring is 1. The van der Waals surface area contributed by atoms with Gasteiger partial charge in [0.2, 0.25) is 0 Å². The molecule has 0 aliphatic carbocycles. The third kappa shape index (κ3) is 3.40. The zero-order valence-electron chi connectivity index (χ0n) is 9.99. The molecule has 0 aliphatic heterocycles. The fraction of sp³-hybridized carbons (Fsp3) is 0.0714. The lowest BCUT2D eigenvalue weighted by molar-refractivity contribution is 0.0951. The fourth-order valence-corrected chi connectivity index (χ4v) is 2.13. The molecule has 0 saturated carbocycles. The molecular formula is C14H12Cl2N2O. The van der Waals surface area contributed by atoms with Crippen LogP contribution in [0, 0.1) is 0 Å². The molecule has 0 aliphatic rings. The molecule has 0 spiro atoms. The fourth-order valence-electron chi connectivity index (χ4n) is 1.64. The van der Waals surface area contributed by atoms with Crippen LogP contribution in [0.2, 0.25) is 10.0 Å². The minimum Gasteiger partial charge on any atom is -0.398 e. The molecule has 0 bridgehead atoms. The monoisotopic (exact) mass is 294 g/mol. The molecular weight excluding hydrogens is 283 g/mol. The van der Waals surface area contributed by atoms with E-state index in [4.69, 9.17) is 28.9 Å². The van der Waals surface area contributed by atoms with Crippen LogP contribution < -0.4 is 11.1 Å². The maximum atomic E-state index is 12.0. The second kappa shape index (κ2) is 5.95. The molecule has 2 aromatic rings. The van der Waals surface area contributed by atoms with Crippen LogP contribution in [0.15, 0.2) is 42.5 Å². The van der Waals surface area contributed by atoms with Gasteiger partial charge < -0.3 is 11.1 Å². The summed E-state index contributed by atoms with van der Waals surface area (Å²) in [6.45, 7) is 0.352. The van der Waals surface area contributed by atoms with Crippen molar-refractivity contribution >= 4 is 34.8 Å². The van der Waals surface area contributed by atoms with E-state index in [1.807, 2.05) is 18.2 Å². The normalized spacial score (nSPS) is 10.2. The predicted octanol–water partition coefficient (Wildman–Crippen LogP) is 3.51. The molecule has 0 heterocycles. The Morgan fingerprint density at radius 1 is 1.16 bits per heavy atom. The quantitative estimate of drug-likeness (QED) is 0.851. The summed E-state index contributed by atoms with van der Waals surface area (Å²) in [5.74, 6) is -0.259. The summed E-state index contributed by atoms with van der Waals surface area (Å²) in [5, 5.41) is 3.59. The molecule has 0 aromatic heterocycles. The second-order valence-electron chi connectivity index (χ2n) is 4.01. The van der Waals surface area contributed by atoms with Gasteiger partial charge in [-0.25, -0.2) is 0 Å². The van der Waals surface area contributed by atoms with E-state index in [9.17, 15) is 4.79 Å². The molecule has 2 rings (SSSR count). The zero-order valence-corrected chi connectivity index (χ0v) is 11.5. The molecule has 5 heteroatoms.